The molecule has 1 amide bonds. The van der Waals surface area contributed by atoms with Gasteiger partial charge in [0.15, 0.2) is 5.15 Å². The molecule has 2 unspecified atom stereocenters. The van der Waals surface area contributed by atoms with E-state index in [4.69, 9.17) is 11.6 Å². The Labute approximate surface area is 214 Å². The number of alkyl halides is 3. The highest BCUT2D eigenvalue weighted by molar-refractivity contribution is 7.82. The lowest BCUT2D eigenvalue weighted by Crippen LogP contribution is -2.46. The lowest BCUT2D eigenvalue weighted by Gasteiger charge is -2.36. The molecular weight excluding hydrogens is 520 g/mol. The summed E-state index contributed by atoms with van der Waals surface area (Å²) in [7, 11) is -1.11. The van der Waals surface area contributed by atoms with Gasteiger partial charge in [0.2, 0.25) is 6.41 Å². The first kappa shape index (κ1) is 29.5. The van der Waals surface area contributed by atoms with Gasteiger partial charge < -0.3 is 5.32 Å². The molecule has 1 N–H and O–H groups in total. The predicted molar refractivity (Wildman–Crippen MR) is 131 cm³/mol. The lowest BCUT2D eigenvalue weighted by atomic mass is 10.1. The van der Waals surface area contributed by atoms with Gasteiger partial charge in [-0.25, -0.2) is 17.6 Å². The normalized spacial score (nSPS) is 15.9. The van der Waals surface area contributed by atoms with Crippen molar-refractivity contribution in [3.05, 3.63) is 76.8 Å². The van der Waals surface area contributed by atoms with Crippen LogP contribution in [0.15, 0.2) is 59.6 Å². The number of rotatable bonds is 6. The third-order valence-corrected chi connectivity index (χ3v) is 7.02. The van der Waals surface area contributed by atoms with Gasteiger partial charge in [0.25, 0.3) is 0 Å². The van der Waals surface area contributed by atoms with Crippen LogP contribution in [0.2, 0.25) is 5.15 Å². The quantitative estimate of drug-likeness (QED) is 0.316. The number of carbonyl (C=O) groups excluding carboxylic acids is 1. The molecule has 2 aromatic carbocycles. The number of halogens is 5. The van der Waals surface area contributed by atoms with E-state index in [1.807, 2.05) is 25.1 Å². The Kier molecular flexibility index (Phi) is 11.1. The van der Waals surface area contributed by atoms with E-state index < -0.39 is 22.7 Å². The zero-order chi connectivity index (χ0) is 26.9. The Bertz CT molecular complexity index is 1140. The van der Waals surface area contributed by atoms with Crippen LogP contribution in [0.5, 0.6) is 0 Å². The van der Waals surface area contributed by atoms with E-state index in [1.165, 1.54) is 28.9 Å². The number of amides is 1. The minimum Gasteiger partial charge on any atom is -0.354 e. The van der Waals surface area contributed by atoms with Gasteiger partial charge in [-0.15, -0.1) is 0 Å². The van der Waals surface area contributed by atoms with E-state index in [2.05, 4.69) is 10.4 Å². The Morgan fingerprint density at radius 3 is 2.22 bits per heavy atom. The minimum absolute atomic E-state index is 0.180. The molecule has 1 aliphatic heterocycles. The molecule has 0 aliphatic carbocycles. The molecule has 2 heterocycles. The standard InChI is InChI=1S/C12H9ClF3N3O.C10H12FNOS.C2H6/c13-11-8(5-17-7-20)6-19(18-11)10-3-1-9(2-4-10)12(14,15)16;1-8-6-7-12(8)14(13)10-4-2-9(11)3-5-10;1-2/h1-4,6-7H,5H2,(H,17,20);2-5,8H,6-7H2,1H3;1-2H3. The summed E-state index contributed by atoms with van der Waals surface area (Å²) < 4.78 is 65.1. The minimum atomic E-state index is -4.38. The molecular formula is C24H27ClF4N4O2S. The number of benzene rings is 2. The fourth-order valence-corrected chi connectivity index (χ4v) is 4.56. The van der Waals surface area contributed by atoms with E-state index in [1.54, 1.807) is 18.3 Å². The Balaban J connectivity index is 0.000000250. The van der Waals surface area contributed by atoms with Crippen molar-refractivity contribution >= 4 is 29.0 Å². The Morgan fingerprint density at radius 1 is 1.14 bits per heavy atom. The molecule has 0 radical (unpaired) electrons. The molecule has 12 heteroatoms. The summed E-state index contributed by atoms with van der Waals surface area (Å²) >= 11 is 5.87. The van der Waals surface area contributed by atoms with Gasteiger partial charge in [0, 0.05) is 30.9 Å². The molecule has 3 aromatic rings. The van der Waals surface area contributed by atoms with Crippen molar-refractivity contribution in [2.24, 2.45) is 0 Å². The van der Waals surface area contributed by atoms with Gasteiger partial charge in [-0.05, 0) is 61.9 Å². The molecule has 6 nitrogen and oxygen atoms in total. The predicted octanol–water partition coefficient (Wildman–Crippen LogP) is 5.76. The van der Waals surface area contributed by atoms with Crippen LogP contribution in [0.3, 0.4) is 0 Å². The average Bonchev–Trinajstić information content (AvgIpc) is 3.23. The van der Waals surface area contributed by atoms with Crippen molar-refractivity contribution in [2.75, 3.05) is 6.54 Å². The van der Waals surface area contributed by atoms with Crippen LogP contribution in [0.4, 0.5) is 17.6 Å². The maximum absolute atomic E-state index is 12.6. The Morgan fingerprint density at radius 2 is 1.75 bits per heavy atom. The molecule has 0 saturated carbocycles. The van der Waals surface area contributed by atoms with Crippen LogP contribution in [-0.2, 0) is 28.5 Å². The van der Waals surface area contributed by atoms with Crippen molar-refractivity contribution in [3.63, 3.8) is 0 Å². The van der Waals surface area contributed by atoms with Crippen molar-refractivity contribution in [1.29, 1.82) is 0 Å². The first-order valence-electron chi connectivity index (χ1n) is 11.1. The molecule has 0 spiro atoms. The second-order valence-corrected chi connectivity index (χ2v) is 9.21. The molecule has 36 heavy (non-hydrogen) atoms. The van der Waals surface area contributed by atoms with Crippen molar-refractivity contribution in [1.82, 2.24) is 19.4 Å². The monoisotopic (exact) mass is 546 g/mol. The molecule has 196 valence electrons. The maximum atomic E-state index is 12.6. The number of hydrogen-bond acceptors (Lipinski definition) is 3. The van der Waals surface area contributed by atoms with Crippen LogP contribution in [0.25, 0.3) is 5.69 Å². The number of carbonyl (C=O) groups is 1. The van der Waals surface area contributed by atoms with Crippen molar-refractivity contribution in [2.45, 2.75) is 50.9 Å². The third kappa shape index (κ3) is 7.87. The van der Waals surface area contributed by atoms with Gasteiger partial charge >= 0.3 is 6.18 Å². The molecule has 2 atom stereocenters. The summed E-state index contributed by atoms with van der Waals surface area (Å²) in [6.45, 7) is 7.11. The first-order chi connectivity index (χ1) is 17.1. The zero-order valence-electron chi connectivity index (χ0n) is 19.9. The van der Waals surface area contributed by atoms with E-state index in [-0.39, 0.29) is 17.5 Å². The topological polar surface area (TPSA) is 67.2 Å². The second-order valence-electron chi connectivity index (χ2n) is 7.41. The fraction of sp³-hybridized carbons (Fsp3) is 0.333. The molecule has 4 rings (SSSR count). The number of nitrogens with zero attached hydrogens (tertiary/aromatic N) is 3. The van der Waals surface area contributed by atoms with Gasteiger partial charge in [-0.3, -0.25) is 4.79 Å². The van der Waals surface area contributed by atoms with Crippen molar-refractivity contribution < 1.29 is 26.6 Å². The van der Waals surface area contributed by atoms with E-state index in [0.29, 0.717) is 28.6 Å². The second kappa shape index (κ2) is 13.5. The summed E-state index contributed by atoms with van der Waals surface area (Å²) in [5.74, 6) is -0.289. The molecule has 1 fully saturated rings. The van der Waals surface area contributed by atoms with E-state index in [0.717, 1.165) is 25.1 Å². The summed E-state index contributed by atoms with van der Waals surface area (Å²) in [4.78, 5) is 10.9. The smallest absolute Gasteiger partial charge is 0.354 e. The van der Waals surface area contributed by atoms with Crippen LogP contribution in [0, 0.1) is 5.82 Å². The molecule has 1 aromatic heterocycles. The Hall–Kier alpha value is -2.76. The summed E-state index contributed by atoms with van der Waals surface area (Å²) in [5, 5.41) is 6.58. The van der Waals surface area contributed by atoms with Crippen LogP contribution >= 0.6 is 11.6 Å². The highest BCUT2D eigenvalue weighted by Gasteiger charge is 2.30. The third-order valence-electron chi connectivity index (χ3n) is 5.06. The van der Waals surface area contributed by atoms with Crippen molar-refractivity contribution in [3.8, 4) is 5.69 Å². The van der Waals surface area contributed by atoms with Gasteiger partial charge in [0.1, 0.15) is 16.8 Å². The molecule has 1 saturated heterocycles. The zero-order valence-corrected chi connectivity index (χ0v) is 21.5. The summed E-state index contributed by atoms with van der Waals surface area (Å²) in [5.41, 5.74) is 0.276. The van der Waals surface area contributed by atoms with Gasteiger partial charge in [-0.1, -0.05) is 25.4 Å². The highest BCUT2D eigenvalue weighted by atomic mass is 35.5. The van der Waals surface area contributed by atoms with Gasteiger partial charge in [-0.2, -0.15) is 18.3 Å². The number of hydrogen-bond donors (Lipinski definition) is 1. The van der Waals surface area contributed by atoms with Crippen LogP contribution < -0.4 is 5.32 Å². The van der Waals surface area contributed by atoms with E-state index in [9.17, 15) is 26.6 Å². The number of nitrogens with one attached hydrogen (secondary N) is 1. The van der Waals surface area contributed by atoms with Crippen LogP contribution in [0.1, 0.15) is 38.3 Å². The first-order valence-corrected chi connectivity index (χ1v) is 12.6. The van der Waals surface area contributed by atoms with Crippen LogP contribution in [-0.4, -0.2) is 37.3 Å². The van der Waals surface area contributed by atoms with E-state index >= 15 is 0 Å². The average molecular weight is 547 g/mol. The van der Waals surface area contributed by atoms with Gasteiger partial charge in [0.05, 0.1) is 16.1 Å². The largest absolute Gasteiger partial charge is 0.416 e. The number of aromatic nitrogens is 2. The summed E-state index contributed by atoms with van der Waals surface area (Å²) in [6, 6.07) is 10.7. The highest BCUT2D eigenvalue weighted by Crippen LogP contribution is 2.30. The molecule has 0 bridgehead atoms. The molecule has 1 aliphatic rings. The fourth-order valence-electron chi connectivity index (χ4n) is 3.02. The summed E-state index contributed by atoms with van der Waals surface area (Å²) in [6.07, 6.45) is -1.22. The SMILES string of the molecule is CC.CC1CCN1S(=O)c1ccc(F)cc1.O=CNCc1cn(-c2ccc(C(F)(F)F)cc2)nc1Cl. The maximum Gasteiger partial charge on any atom is 0.416 e. The lowest BCUT2D eigenvalue weighted by molar-refractivity contribution is -0.137.